The van der Waals surface area contributed by atoms with Gasteiger partial charge in [0, 0.05) is 50.0 Å². The second kappa shape index (κ2) is 22.8. The van der Waals surface area contributed by atoms with E-state index in [2.05, 4.69) is 194 Å². The fourth-order valence-corrected chi connectivity index (χ4v) is 8.84. The van der Waals surface area contributed by atoms with Crippen molar-refractivity contribution in [2.24, 2.45) is 20.0 Å². The first-order valence-corrected chi connectivity index (χ1v) is 25.6. The molecule has 368 valence electrons. The van der Waals surface area contributed by atoms with Gasteiger partial charge in [0.25, 0.3) is 0 Å². The minimum Gasteiger partial charge on any atom is -0.317 e. The fourth-order valence-electron chi connectivity index (χ4n) is 8.84. The van der Waals surface area contributed by atoms with Crippen molar-refractivity contribution in [3.8, 4) is 0 Å². The van der Waals surface area contributed by atoms with E-state index in [-0.39, 0.29) is 44.8 Å². The molecule has 68 heavy (non-hydrogen) atoms. The van der Waals surface area contributed by atoms with Gasteiger partial charge in [0.1, 0.15) is 0 Å². The van der Waals surface area contributed by atoms with Crippen LogP contribution in [-0.2, 0) is 21.7 Å². The Kier molecular flexibility index (Phi) is 18.2. The third-order valence-corrected chi connectivity index (χ3v) is 13.9. The van der Waals surface area contributed by atoms with Crippen LogP contribution < -0.4 is 10.6 Å². The molecular formula is C60H88N8. The SMILES string of the molecule is CC(C)(C)c1cc(C(C)(C)C)c2nc1C=NCC[C@@H](c1ccccc1)N[C@H](c1ccccc1)CCN=C2.CC[C@]1(C)CCNCC[C@@](C)(CC)N=Cc2nc(c(C(C)(C)C)cc2C(C)(C)C)C=N1. The smallest absolute Gasteiger partial charge is 0.0853 e. The van der Waals surface area contributed by atoms with Gasteiger partial charge >= 0.3 is 0 Å². The summed E-state index contributed by atoms with van der Waals surface area (Å²) in [4.78, 5) is 30.3. The molecule has 4 atom stereocenters. The summed E-state index contributed by atoms with van der Waals surface area (Å²) in [6, 6.07) is 26.5. The number of aromatic nitrogens is 2. The van der Waals surface area contributed by atoms with Crippen LogP contribution in [0.15, 0.2) is 92.8 Å². The standard InChI is InChI=1S/C33H42N4.C27H46N4/c1-32(2,3)26-21-27(33(4,5)6)31-23-35-20-18-29(25-15-11-8-12-16-25)36-28(24-13-9-7-10-14-24)17-19-34-22-30(26)37-31;1-11-26(9)13-15-28-16-14-27(10,12-2)30-19-23-21(25(6,7)8)17-20(24(3,4)5)22(31-23)18-29-26/h7-16,21-23,28-29,36H,17-20H2,1-6H3;17-19,28H,11-16H2,1-10H3/t28-,29-;26-,27-/m01/s1. The molecule has 4 bridgehead atoms. The number of hydrogen-bond acceptors (Lipinski definition) is 8. The van der Waals surface area contributed by atoms with Gasteiger partial charge in [-0.15, -0.1) is 0 Å². The molecular weight excluding hydrogens is 833 g/mol. The van der Waals surface area contributed by atoms with Crippen LogP contribution in [0, 0.1) is 0 Å². The van der Waals surface area contributed by atoms with Gasteiger partial charge < -0.3 is 10.6 Å². The minimum atomic E-state index is -0.0844. The first kappa shape index (κ1) is 54.3. The van der Waals surface area contributed by atoms with Crippen LogP contribution in [0.5, 0.6) is 0 Å². The molecule has 2 aromatic carbocycles. The number of fused-ring (bicyclic) bond motifs is 4. The number of benzene rings is 2. The highest BCUT2D eigenvalue weighted by Gasteiger charge is 2.29. The molecule has 2 aromatic heterocycles. The lowest BCUT2D eigenvalue weighted by Gasteiger charge is -2.30. The summed E-state index contributed by atoms with van der Waals surface area (Å²) < 4.78 is 0. The van der Waals surface area contributed by atoms with Gasteiger partial charge in [-0.1, -0.05) is 170 Å². The van der Waals surface area contributed by atoms with Crippen molar-refractivity contribution >= 4 is 24.9 Å². The van der Waals surface area contributed by atoms with Gasteiger partial charge in [-0.3, -0.25) is 20.0 Å². The normalized spacial score (nSPS) is 22.4. The summed E-state index contributed by atoms with van der Waals surface area (Å²) in [5, 5.41) is 7.59. The van der Waals surface area contributed by atoms with Gasteiger partial charge in [-0.2, -0.15) is 0 Å². The lowest BCUT2D eigenvalue weighted by Crippen LogP contribution is -2.32. The molecule has 0 saturated carbocycles. The van der Waals surface area contributed by atoms with Gasteiger partial charge in [0.15, 0.2) is 0 Å². The molecule has 0 fully saturated rings. The molecule has 2 N–H and O–H groups in total. The maximum atomic E-state index is 5.18. The first-order valence-electron chi connectivity index (χ1n) is 25.6. The molecule has 8 heteroatoms. The summed E-state index contributed by atoms with van der Waals surface area (Å²) in [6.45, 7) is 39.4. The average Bonchev–Trinajstić information content (AvgIpc) is 3.28. The fraction of sp³-hybridized carbons (Fsp3) is 0.567. The zero-order chi connectivity index (χ0) is 50.0. The van der Waals surface area contributed by atoms with Crippen LogP contribution in [0.4, 0.5) is 0 Å². The average molecular weight is 921 g/mol. The molecule has 4 heterocycles. The molecule has 0 spiro atoms. The zero-order valence-corrected chi connectivity index (χ0v) is 45.1. The maximum absolute atomic E-state index is 5.18. The highest BCUT2D eigenvalue weighted by atomic mass is 15.0. The Morgan fingerprint density at radius 3 is 1.12 bits per heavy atom. The van der Waals surface area contributed by atoms with Crippen LogP contribution >= 0.6 is 0 Å². The number of nitrogens with one attached hydrogen (secondary N) is 2. The van der Waals surface area contributed by atoms with E-state index in [4.69, 9.17) is 29.9 Å². The molecule has 8 nitrogen and oxygen atoms in total. The highest BCUT2D eigenvalue weighted by molar-refractivity contribution is 5.87. The third kappa shape index (κ3) is 15.2. The van der Waals surface area contributed by atoms with Gasteiger partial charge in [-0.25, -0.2) is 9.97 Å². The number of aliphatic imine (C=N–C) groups is 4. The van der Waals surface area contributed by atoms with Crippen molar-refractivity contribution in [1.29, 1.82) is 0 Å². The van der Waals surface area contributed by atoms with E-state index in [1.807, 2.05) is 24.9 Å². The van der Waals surface area contributed by atoms with Gasteiger partial charge in [0.05, 0.1) is 33.9 Å². The van der Waals surface area contributed by atoms with Crippen molar-refractivity contribution in [3.63, 3.8) is 0 Å². The van der Waals surface area contributed by atoms with Gasteiger partial charge in [0.2, 0.25) is 0 Å². The second-order valence-corrected chi connectivity index (χ2v) is 23.9. The van der Waals surface area contributed by atoms with Crippen molar-refractivity contribution in [1.82, 2.24) is 20.6 Å². The predicted molar refractivity (Wildman–Crippen MR) is 294 cm³/mol. The topological polar surface area (TPSA) is 99.3 Å². The van der Waals surface area contributed by atoms with Crippen LogP contribution in [0.1, 0.15) is 218 Å². The van der Waals surface area contributed by atoms with E-state index in [1.54, 1.807) is 0 Å². The lowest BCUT2D eigenvalue weighted by molar-refractivity contribution is 0.382. The van der Waals surface area contributed by atoms with Gasteiger partial charge in [-0.05, 0) is 121 Å². The molecule has 2 aliphatic rings. The third-order valence-electron chi connectivity index (χ3n) is 13.9. The Hall–Kier alpha value is -4.66. The molecule has 2 aliphatic heterocycles. The lowest BCUT2D eigenvalue weighted by atomic mass is 9.79. The summed E-state index contributed by atoms with van der Waals surface area (Å²) in [5.74, 6) is 0. The monoisotopic (exact) mass is 921 g/mol. The van der Waals surface area contributed by atoms with Crippen LogP contribution in [0.3, 0.4) is 0 Å². The summed E-state index contributed by atoms with van der Waals surface area (Å²) in [5.41, 5.74) is 11.1. The molecule has 0 aliphatic carbocycles. The van der Waals surface area contributed by atoms with Crippen molar-refractivity contribution in [2.45, 2.75) is 194 Å². The Morgan fingerprint density at radius 2 is 0.809 bits per heavy atom. The first-order chi connectivity index (χ1) is 31.9. The van der Waals surface area contributed by atoms with E-state index in [1.165, 1.54) is 33.4 Å². The number of nitrogens with zero attached hydrogens (tertiary/aromatic N) is 6. The molecule has 6 rings (SSSR count). The number of pyridine rings is 2. The number of hydrogen-bond donors (Lipinski definition) is 2. The predicted octanol–water partition coefficient (Wildman–Crippen LogP) is 13.6. The van der Waals surface area contributed by atoms with Crippen LogP contribution in [0.25, 0.3) is 0 Å². The number of rotatable bonds is 4. The second-order valence-electron chi connectivity index (χ2n) is 23.9. The summed E-state index contributed by atoms with van der Waals surface area (Å²) in [6.07, 6.45) is 13.9. The van der Waals surface area contributed by atoms with Crippen LogP contribution in [0.2, 0.25) is 0 Å². The van der Waals surface area contributed by atoms with Crippen molar-refractivity contribution in [2.75, 3.05) is 26.2 Å². The van der Waals surface area contributed by atoms with E-state index >= 15 is 0 Å². The van der Waals surface area contributed by atoms with E-state index in [9.17, 15) is 0 Å². The molecule has 0 radical (unpaired) electrons. The van der Waals surface area contributed by atoms with Crippen molar-refractivity contribution < 1.29 is 0 Å². The Labute approximate surface area is 413 Å². The zero-order valence-electron chi connectivity index (χ0n) is 45.1. The maximum Gasteiger partial charge on any atom is 0.0853 e. The molecule has 0 saturated heterocycles. The quantitative estimate of drug-likeness (QED) is 0.213. The van der Waals surface area contributed by atoms with Crippen molar-refractivity contribution in [3.05, 3.63) is 129 Å². The minimum absolute atomic E-state index is 0.0163. The van der Waals surface area contributed by atoms with E-state index in [0.717, 1.165) is 87.5 Å². The molecule has 0 unspecified atom stereocenters. The molecule has 0 amide bonds. The van der Waals surface area contributed by atoms with E-state index in [0.29, 0.717) is 0 Å². The summed E-state index contributed by atoms with van der Waals surface area (Å²) in [7, 11) is 0. The Morgan fingerprint density at radius 1 is 0.485 bits per heavy atom. The van der Waals surface area contributed by atoms with E-state index < -0.39 is 0 Å². The Bertz CT molecular complexity index is 2200. The van der Waals surface area contributed by atoms with Crippen LogP contribution in [-0.4, -0.2) is 72.1 Å². The highest BCUT2D eigenvalue weighted by Crippen LogP contribution is 2.35. The Balaban J connectivity index is 0.000000259. The molecule has 4 aromatic rings. The summed E-state index contributed by atoms with van der Waals surface area (Å²) >= 11 is 0. The largest absolute Gasteiger partial charge is 0.317 e.